The van der Waals surface area contributed by atoms with E-state index >= 15 is 0 Å². The molecule has 1 aliphatic rings. The molecule has 20 heavy (non-hydrogen) atoms. The van der Waals surface area contributed by atoms with Gasteiger partial charge in [0.2, 0.25) is 0 Å². The van der Waals surface area contributed by atoms with E-state index in [0.717, 1.165) is 36.7 Å². The summed E-state index contributed by atoms with van der Waals surface area (Å²) in [4.78, 5) is 4.48. The van der Waals surface area contributed by atoms with Gasteiger partial charge in [-0.25, -0.2) is 9.50 Å². The van der Waals surface area contributed by atoms with Crippen LogP contribution >= 0.6 is 0 Å². The molecule has 5 heteroatoms. The number of fused-ring (bicyclic) bond motifs is 1. The van der Waals surface area contributed by atoms with Gasteiger partial charge >= 0.3 is 0 Å². The molecule has 2 aromatic heterocycles. The van der Waals surface area contributed by atoms with Gasteiger partial charge < -0.3 is 10.1 Å². The molecule has 1 saturated heterocycles. The molecule has 3 heterocycles. The first-order valence-corrected chi connectivity index (χ1v) is 7.33. The minimum Gasteiger partial charge on any atom is -0.381 e. The number of ether oxygens (including phenoxy) is 1. The van der Waals surface area contributed by atoms with E-state index in [-0.39, 0.29) is 0 Å². The van der Waals surface area contributed by atoms with Gasteiger partial charge in [0.15, 0.2) is 5.82 Å². The first kappa shape index (κ1) is 13.4. The second-order valence-corrected chi connectivity index (χ2v) is 5.89. The van der Waals surface area contributed by atoms with Crippen molar-refractivity contribution in [2.45, 2.75) is 39.2 Å². The van der Waals surface area contributed by atoms with Gasteiger partial charge in [0, 0.05) is 31.0 Å². The SMILES string of the molecule is CC(C)c1cc2c(NC(C)C3CCOC3)nccn2n1. The van der Waals surface area contributed by atoms with Gasteiger partial charge in [-0.3, -0.25) is 0 Å². The smallest absolute Gasteiger partial charge is 0.152 e. The lowest BCUT2D eigenvalue weighted by Crippen LogP contribution is -2.26. The number of hydrogen-bond acceptors (Lipinski definition) is 4. The van der Waals surface area contributed by atoms with Crippen molar-refractivity contribution >= 4 is 11.3 Å². The number of nitrogens with one attached hydrogen (secondary N) is 1. The van der Waals surface area contributed by atoms with Crippen molar-refractivity contribution in [1.82, 2.24) is 14.6 Å². The van der Waals surface area contributed by atoms with Crippen LogP contribution in [-0.4, -0.2) is 33.9 Å². The van der Waals surface area contributed by atoms with E-state index in [1.807, 2.05) is 10.7 Å². The molecule has 5 nitrogen and oxygen atoms in total. The zero-order valence-corrected chi connectivity index (χ0v) is 12.3. The van der Waals surface area contributed by atoms with Crippen LogP contribution in [0, 0.1) is 5.92 Å². The largest absolute Gasteiger partial charge is 0.381 e. The monoisotopic (exact) mass is 274 g/mol. The Bertz CT molecular complexity index is 587. The summed E-state index contributed by atoms with van der Waals surface area (Å²) >= 11 is 0. The maximum Gasteiger partial charge on any atom is 0.152 e. The lowest BCUT2D eigenvalue weighted by molar-refractivity contribution is 0.183. The normalized spacial score (nSPS) is 20.7. The Labute approximate surface area is 119 Å². The summed E-state index contributed by atoms with van der Waals surface area (Å²) in [7, 11) is 0. The third kappa shape index (κ3) is 2.50. The number of aromatic nitrogens is 3. The summed E-state index contributed by atoms with van der Waals surface area (Å²) in [5.74, 6) is 1.89. The maximum atomic E-state index is 5.46. The van der Waals surface area contributed by atoms with Gasteiger partial charge in [-0.2, -0.15) is 5.10 Å². The molecular weight excluding hydrogens is 252 g/mol. The molecule has 1 fully saturated rings. The minimum absolute atomic E-state index is 0.355. The Morgan fingerprint density at radius 3 is 2.95 bits per heavy atom. The van der Waals surface area contributed by atoms with Crippen molar-refractivity contribution in [1.29, 1.82) is 0 Å². The highest BCUT2D eigenvalue weighted by Gasteiger charge is 2.23. The fraction of sp³-hybridized carbons (Fsp3) is 0.600. The zero-order valence-electron chi connectivity index (χ0n) is 12.3. The quantitative estimate of drug-likeness (QED) is 0.931. The molecule has 0 radical (unpaired) electrons. The number of anilines is 1. The van der Waals surface area contributed by atoms with Crippen LogP contribution < -0.4 is 5.32 Å². The molecule has 0 amide bonds. The number of nitrogens with zero attached hydrogens (tertiary/aromatic N) is 3. The molecule has 2 aromatic rings. The third-order valence-corrected chi connectivity index (χ3v) is 4.04. The summed E-state index contributed by atoms with van der Waals surface area (Å²) in [5.41, 5.74) is 2.14. The highest BCUT2D eigenvalue weighted by molar-refractivity contribution is 5.68. The summed E-state index contributed by atoms with van der Waals surface area (Å²) in [6, 6.07) is 2.48. The Morgan fingerprint density at radius 1 is 1.40 bits per heavy atom. The van der Waals surface area contributed by atoms with E-state index < -0.39 is 0 Å². The Hall–Kier alpha value is -1.62. The van der Waals surface area contributed by atoms with Gasteiger partial charge in [0.1, 0.15) is 5.52 Å². The molecule has 1 N–H and O–H groups in total. The Morgan fingerprint density at radius 2 is 2.25 bits per heavy atom. The highest BCUT2D eigenvalue weighted by atomic mass is 16.5. The minimum atomic E-state index is 0.355. The fourth-order valence-corrected chi connectivity index (χ4v) is 2.61. The van der Waals surface area contributed by atoms with Crippen LogP contribution in [0.25, 0.3) is 5.52 Å². The van der Waals surface area contributed by atoms with Gasteiger partial charge in [-0.1, -0.05) is 13.8 Å². The number of rotatable bonds is 4. The third-order valence-electron chi connectivity index (χ3n) is 4.04. The summed E-state index contributed by atoms with van der Waals surface area (Å²) in [6.07, 6.45) is 4.81. The summed E-state index contributed by atoms with van der Waals surface area (Å²) < 4.78 is 7.37. The predicted octanol–water partition coefficient (Wildman–Crippen LogP) is 2.69. The maximum absolute atomic E-state index is 5.46. The molecule has 0 saturated carbocycles. The molecule has 108 valence electrons. The van der Waals surface area contributed by atoms with E-state index in [0.29, 0.717) is 17.9 Å². The fourth-order valence-electron chi connectivity index (χ4n) is 2.61. The Kier molecular flexibility index (Phi) is 3.61. The van der Waals surface area contributed by atoms with Crippen molar-refractivity contribution in [3.05, 3.63) is 24.2 Å². The van der Waals surface area contributed by atoms with Gasteiger partial charge in [0.05, 0.1) is 12.3 Å². The zero-order chi connectivity index (χ0) is 14.1. The van der Waals surface area contributed by atoms with Gasteiger partial charge in [-0.15, -0.1) is 0 Å². The first-order chi connectivity index (χ1) is 9.65. The second kappa shape index (κ2) is 5.40. The molecule has 1 aliphatic heterocycles. The molecule has 0 aliphatic carbocycles. The molecule has 0 bridgehead atoms. The van der Waals surface area contributed by atoms with E-state index in [1.165, 1.54) is 0 Å². The van der Waals surface area contributed by atoms with Gasteiger partial charge in [0.25, 0.3) is 0 Å². The molecule has 0 spiro atoms. The van der Waals surface area contributed by atoms with Crippen LogP contribution in [0.5, 0.6) is 0 Å². The highest BCUT2D eigenvalue weighted by Crippen LogP contribution is 2.23. The van der Waals surface area contributed by atoms with Crippen molar-refractivity contribution in [3.8, 4) is 0 Å². The molecule has 2 unspecified atom stereocenters. The second-order valence-electron chi connectivity index (χ2n) is 5.89. The van der Waals surface area contributed by atoms with Crippen LogP contribution in [0.2, 0.25) is 0 Å². The van der Waals surface area contributed by atoms with Crippen LogP contribution in [0.4, 0.5) is 5.82 Å². The summed E-state index contributed by atoms with van der Waals surface area (Å²) in [5, 5.41) is 8.12. The molecular formula is C15H22N4O. The molecule has 2 atom stereocenters. The lowest BCUT2D eigenvalue weighted by Gasteiger charge is -2.20. The number of hydrogen-bond donors (Lipinski definition) is 1. The van der Waals surface area contributed by atoms with Crippen LogP contribution in [0.3, 0.4) is 0 Å². The average molecular weight is 274 g/mol. The average Bonchev–Trinajstić information content (AvgIpc) is 3.08. The van der Waals surface area contributed by atoms with E-state index in [4.69, 9.17) is 4.74 Å². The van der Waals surface area contributed by atoms with E-state index in [1.54, 1.807) is 6.20 Å². The molecule has 0 aromatic carbocycles. The van der Waals surface area contributed by atoms with Crippen molar-refractivity contribution < 1.29 is 4.74 Å². The van der Waals surface area contributed by atoms with Crippen molar-refractivity contribution in [2.75, 3.05) is 18.5 Å². The topological polar surface area (TPSA) is 51.5 Å². The first-order valence-electron chi connectivity index (χ1n) is 7.33. The van der Waals surface area contributed by atoms with Crippen LogP contribution in [-0.2, 0) is 4.74 Å². The predicted molar refractivity (Wildman–Crippen MR) is 79.1 cm³/mol. The summed E-state index contributed by atoms with van der Waals surface area (Å²) in [6.45, 7) is 8.22. The van der Waals surface area contributed by atoms with Crippen LogP contribution in [0.15, 0.2) is 18.5 Å². The Balaban J connectivity index is 1.86. The van der Waals surface area contributed by atoms with Crippen molar-refractivity contribution in [3.63, 3.8) is 0 Å². The molecule has 3 rings (SSSR count). The van der Waals surface area contributed by atoms with Crippen molar-refractivity contribution in [2.24, 2.45) is 5.92 Å². The standard InChI is InChI=1S/C15H22N4O/c1-10(2)13-8-14-15(16-5-6-19(14)18-13)17-11(3)12-4-7-20-9-12/h5-6,8,10-12H,4,7,9H2,1-3H3,(H,16,17). The lowest BCUT2D eigenvalue weighted by atomic mass is 10.0. The van der Waals surface area contributed by atoms with Gasteiger partial charge in [-0.05, 0) is 25.3 Å². The van der Waals surface area contributed by atoms with E-state index in [2.05, 4.69) is 42.2 Å². The van der Waals surface area contributed by atoms with E-state index in [9.17, 15) is 0 Å². The van der Waals surface area contributed by atoms with Crippen LogP contribution in [0.1, 0.15) is 38.8 Å².